The Morgan fingerprint density at radius 1 is 1.25 bits per heavy atom. The van der Waals surface area contributed by atoms with Crippen molar-refractivity contribution >= 4 is 78.8 Å². The van der Waals surface area contributed by atoms with Gasteiger partial charge in [-0.25, -0.2) is 9.78 Å². The Hall–Kier alpha value is -2.75. The molecule has 0 aliphatic carbocycles. The van der Waals surface area contributed by atoms with Crippen LogP contribution < -0.4 is 10.2 Å². The summed E-state index contributed by atoms with van der Waals surface area (Å²) in [6, 6.07) is 8.20. The number of rotatable bonds is 7. The molecule has 0 aliphatic rings. The number of hydrogen-bond acceptors (Lipinski definition) is 8. The van der Waals surface area contributed by atoms with Crippen molar-refractivity contribution in [2.75, 3.05) is 23.9 Å². The van der Waals surface area contributed by atoms with E-state index in [4.69, 9.17) is 27.9 Å². The van der Waals surface area contributed by atoms with E-state index in [1.165, 1.54) is 25.4 Å². The van der Waals surface area contributed by atoms with Crippen LogP contribution in [-0.4, -0.2) is 36.6 Å². The number of aromatic nitrogens is 1. The Morgan fingerprint density at radius 2 is 2.00 bits per heavy atom. The van der Waals surface area contributed by atoms with E-state index in [9.17, 15) is 9.59 Å². The minimum atomic E-state index is -0.498. The van der Waals surface area contributed by atoms with Crippen LogP contribution in [-0.2, 0) is 14.3 Å². The van der Waals surface area contributed by atoms with Gasteiger partial charge in [-0.15, -0.1) is 10.2 Å². The number of benzene rings is 2. The number of esters is 1. The second kappa shape index (κ2) is 10.2. The van der Waals surface area contributed by atoms with E-state index in [0.717, 1.165) is 10.4 Å². The van der Waals surface area contributed by atoms with Gasteiger partial charge in [0.05, 0.1) is 33.1 Å². The van der Waals surface area contributed by atoms with Gasteiger partial charge in [-0.1, -0.05) is 34.5 Å². The van der Waals surface area contributed by atoms with E-state index in [1.54, 1.807) is 37.3 Å². The number of ether oxygens (including phenoxy) is 1. The van der Waals surface area contributed by atoms with Gasteiger partial charge in [0.15, 0.2) is 0 Å². The van der Waals surface area contributed by atoms with Crippen molar-refractivity contribution in [3.8, 4) is 0 Å². The lowest BCUT2D eigenvalue weighted by Crippen LogP contribution is -2.39. The molecule has 3 rings (SSSR count). The Balaban J connectivity index is 1.96. The number of nitrogens with zero attached hydrogens (tertiary/aromatic N) is 4. The summed E-state index contributed by atoms with van der Waals surface area (Å²) in [4.78, 5) is 30.0. The zero-order chi connectivity index (χ0) is 23.4. The molecule has 168 valence electrons. The predicted molar refractivity (Wildman–Crippen MR) is 129 cm³/mol. The number of nitrogens with one attached hydrogen (secondary N) is 1. The van der Waals surface area contributed by atoms with E-state index in [2.05, 4.69) is 20.5 Å². The van der Waals surface area contributed by atoms with Gasteiger partial charge in [-0.2, -0.15) is 0 Å². The van der Waals surface area contributed by atoms with Gasteiger partial charge >= 0.3 is 5.97 Å². The first-order valence-corrected chi connectivity index (χ1v) is 11.2. The SMILES string of the molecule is CCN(c1ccc(N=Nc2nc3ccc(Cl)c(Cl)c3s2)c(NC(C)=O)c1)C(C)C(=O)OC. The third-order valence-electron chi connectivity index (χ3n) is 4.65. The molecule has 0 aliphatic heterocycles. The number of halogens is 2. The fraction of sp³-hybridized carbons (Fsp3) is 0.286. The van der Waals surface area contributed by atoms with Gasteiger partial charge in [0.1, 0.15) is 11.7 Å². The summed E-state index contributed by atoms with van der Waals surface area (Å²) in [5.41, 5.74) is 2.30. The minimum Gasteiger partial charge on any atom is -0.467 e. The summed E-state index contributed by atoms with van der Waals surface area (Å²) in [6.45, 7) is 5.65. The molecule has 1 atom stereocenters. The van der Waals surface area contributed by atoms with Crippen molar-refractivity contribution in [3.05, 3.63) is 40.4 Å². The number of carbonyl (C=O) groups excluding carboxylic acids is 2. The molecule has 0 saturated carbocycles. The monoisotopic (exact) mass is 493 g/mol. The molecule has 0 radical (unpaired) electrons. The number of azo groups is 1. The first kappa shape index (κ1) is 23.9. The highest BCUT2D eigenvalue weighted by Gasteiger charge is 2.22. The molecular formula is C21H21Cl2N5O3S. The van der Waals surface area contributed by atoms with Crippen molar-refractivity contribution < 1.29 is 14.3 Å². The van der Waals surface area contributed by atoms with Crippen molar-refractivity contribution in [2.24, 2.45) is 10.2 Å². The number of thiazole rings is 1. The maximum atomic E-state index is 12.0. The largest absolute Gasteiger partial charge is 0.467 e. The van der Waals surface area contributed by atoms with Gasteiger partial charge in [-0.3, -0.25) is 4.79 Å². The van der Waals surface area contributed by atoms with Crippen LogP contribution in [0.5, 0.6) is 0 Å². The molecule has 8 nitrogen and oxygen atoms in total. The van der Waals surface area contributed by atoms with Gasteiger partial charge in [0, 0.05) is 19.2 Å². The third kappa shape index (κ3) is 5.17. The second-order valence-corrected chi connectivity index (χ2v) is 8.54. The lowest BCUT2D eigenvalue weighted by Gasteiger charge is -2.28. The molecular weight excluding hydrogens is 473 g/mol. The fourth-order valence-corrected chi connectivity index (χ4v) is 4.44. The van der Waals surface area contributed by atoms with Crippen LogP contribution in [0.1, 0.15) is 20.8 Å². The molecule has 3 aromatic rings. The van der Waals surface area contributed by atoms with Gasteiger partial charge in [0.2, 0.25) is 11.0 Å². The lowest BCUT2D eigenvalue weighted by atomic mass is 10.2. The molecule has 2 aromatic carbocycles. The van der Waals surface area contributed by atoms with Crippen LogP contribution in [0.3, 0.4) is 0 Å². The maximum absolute atomic E-state index is 12.0. The Morgan fingerprint density at radius 3 is 2.66 bits per heavy atom. The van der Waals surface area contributed by atoms with Gasteiger partial charge in [-0.05, 0) is 44.2 Å². The molecule has 1 aromatic heterocycles. The summed E-state index contributed by atoms with van der Waals surface area (Å²) in [5.74, 6) is -0.615. The second-order valence-electron chi connectivity index (χ2n) is 6.77. The molecule has 0 bridgehead atoms. The minimum absolute atomic E-state index is 0.260. The first-order valence-electron chi connectivity index (χ1n) is 9.67. The highest BCUT2D eigenvalue weighted by Crippen LogP contribution is 2.38. The molecule has 32 heavy (non-hydrogen) atoms. The smallest absolute Gasteiger partial charge is 0.328 e. The van der Waals surface area contributed by atoms with Crippen LogP contribution in [0.4, 0.5) is 22.2 Å². The molecule has 11 heteroatoms. The van der Waals surface area contributed by atoms with E-state index in [-0.39, 0.29) is 11.9 Å². The number of carbonyl (C=O) groups is 2. The van der Waals surface area contributed by atoms with Crippen molar-refractivity contribution in [1.82, 2.24) is 4.98 Å². The van der Waals surface area contributed by atoms with E-state index in [0.29, 0.717) is 38.6 Å². The Bertz CT molecular complexity index is 1200. The lowest BCUT2D eigenvalue weighted by molar-refractivity contribution is -0.141. The summed E-state index contributed by atoms with van der Waals surface area (Å²) in [5, 5.41) is 12.5. The summed E-state index contributed by atoms with van der Waals surface area (Å²) >= 11 is 13.6. The summed E-state index contributed by atoms with van der Waals surface area (Å²) in [7, 11) is 1.35. The maximum Gasteiger partial charge on any atom is 0.328 e. The zero-order valence-electron chi connectivity index (χ0n) is 17.8. The van der Waals surface area contributed by atoms with Crippen LogP contribution in [0.25, 0.3) is 10.2 Å². The normalized spacial score (nSPS) is 12.2. The summed E-state index contributed by atoms with van der Waals surface area (Å²) < 4.78 is 5.58. The van der Waals surface area contributed by atoms with Crippen molar-refractivity contribution in [3.63, 3.8) is 0 Å². The molecule has 1 N–H and O–H groups in total. The topological polar surface area (TPSA) is 96.3 Å². The Labute approximate surface area is 199 Å². The number of hydrogen-bond donors (Lipinski definition) is 1. The van der Waals surface area contributed by atoms with E-state index >= 15 is 0 Å². The average Bonchev–Trinajstić information content (AvgIpc) is 3.19. The van der Waals surface area contributed by atoms with Gasteiger partial charge in [0.25, 0.3) is 0 Å². The van der Waals surface area contributed by atoms with Gasteiger partial charge < -0.3 is 15.0 Å². The molecule has 0 fully saturated rings. The van der Waals surface area contributed by atoms with E-state index < -0.39 is 6.04 Å². The molecule has 0 spiro atoms. The molecule has 1 unspecified atom stereocenters. The number of fused-ring (bicyclic) bond motifs is 1. The first-order chi connectivity index (χ1) is 15.2. The van der Waals surface area contributed by atoms with Crippen LogP contribution in [0, 0.1) is 0 Å². The molecule has 1 amide bonds. The fourth-order valence-electron chi connectivity index (χ4n) is 3.12. The predicted octanol–water partition coefficient (Wildman–Crippen LogP) is 6.36. The van der Waals surface area contributed by atoms with E-state index in [1.807, 2.05) is 11.8 Å². The highest BCUT2D eigenvalue weighted by atomic mass is 35.5. The third-order valence-corrected chi connectivity index (χ3v) is 6.54. The summed E-state index contributed by atoms with van der Waals surface area (Å²) in [6.07, 6.45) is 0. The standard InChI is InChI=1S/C21H21Cl2N5O3S/c1-5-28(11(2)20(30)31-4)13-6-8-15(17(10-13)24-12(3)29)26-27-21-25-16-9-7-14(22)18(23)19(16)32-21/h6-11H,5H2,1-4H3,(H,24,29). The number of likely N-dealkylation sites (N-methyl/N-ethyl adjacent to an activating group) is 1. The zero-order valence-corrected chi connectivity index (χ0v) is 20.2. The molecule has 1 heterocycles. The number of amides is 1. The number of anilines is 2. The highest BCUT2D eigenvalue weighted by molar-refractivity contribution is 7.22. The van der Waals surface area contributed by atoms with Crippen LogP contribution >= 0.6 is 34.5 Å². The van der Waals surface area contributed by atoms with Crippen LogP contribution in [0.2, 0.25) is 10.0 Å². The Kier molecular flexibility index (Phi) is 7.65. The number of methoxy groups -OCH3 is 1. The van der Waals surface area contributed by atoms with Crippen LogP contribution in [0.15, 0.2) is 40.6 Å². The quantitative estimate of drug-likeness (QED) is 0.304. The van der Waals surface area contributed by atoms with Crippen molar-refractivity contribution in [2.45, 2.75) is 26.8 Å². The molecule has 0 saturated heterocycles. The van der Waals surface area contributed by atoms with Crippen molar-refractivity contribution in [1.29, 1.82) is 0 Å². The average molecular weight is 494 g/mol.